The van der Waals surface area contributed by atoms with Gasteiger partial charge in [-0.3, -0.25) is 24.3 Å². The molecule has 3 rings (SSSR count). The Bertz CT molecular complexity index is 1420. The van der Waals surface area contributed by atoms with E-state index in [4.69, 9.17) is 5.73 Å². The Morgan fingerprint density at radius 3 is 2.36 bits per heavy atom. The molecule has 0 spiro atoms. The summed E-state index contributed by atoms with van der Waals surface area (Å²) in [5.74, 6) is -14.4. The fraction of sp³-hybridized carbons (Fsp3) is 0.448. The Morgan fingerprint density at radius 1 is 1.14 bits per heavy atom. The van der Waals surface area contributed by atoms with Crippen LogP contribution in [0.15, 0.2) is 47.5 Å². The molecule has 1 aliphatic heterocycles. The standard InChI is InChI=1S/C29H31F7N4O3S/c1-15-6-4-9-20-23(17-7-5-8-18(31)12-17)39-21(27(43)40(14-44-3)24(15)20)13-38-26(42)19(10-11-28(32,33)34)22(25(37)41)29(35,36)16(2)30/h4-9,12,16,19,21-22H,10-11,13-14H2,1-3H3,(H2,37,41)(H,38,42)/t16?,19-,21+,22+/m1/s1. The van der Waals surface area contributed by atoms with Crippen molar-refractivity contribution in [3.63, 3.8) is 0 Å². The number of aryl methyl sites for hydroxylation is 1. The summed E-state index contributed by atoms with van der Waals surface area (Å²) in [5, 5.41) is 2.18. The fourth-order valence-electron chi connectivity index (χ4n) is 5.04. The molecule has 1 unspecified atom stereocenters. The average Bonchev–Trinajstić information content (AvgIpc) is 3.04. The van der Waals surface area contributed by atoms with Crippen LogP contribution in [0.1, 0.15) is 36.5 Å². The van der Waals surface area contributed by atoms with Crippen LogP contribution in [0.5, 0.6) is 0 Å². The zero-order valence-corrected chi connectivity index (χ0v) is 24.7. The highest BCUT2D eigenvalue weighted by molar-refractivity contribution is 7.98. The number of benzodiazepines with no additional fused rings is 1. The van der Waals surface area contributed by atoms with Crippen molar-refractivity contribution < 1.29 is 45.1 Å². The van der Waals surface area contributed by atoms with Gasteiger partial charge in [-0.15, -0.1) is 11.8 Å². The number of thioether (sulfide) groups is 1. The zero-order chi connectivity index (χ0) is 33.0. The number of carbonyl (C=O) groups excluding carboxylic acids is 3. The van der Waals surface area contributed by atoms with E-state index in [9.17, 15) is 45.1 Å². The number of aliphatic imine (C=N–C) groups is 1. The van der Waals surface area contributed by atoms with Crippen LogP contribution in [0.2, 0.25) is 0 Å². The van der Waals surface area contributed by atoms with Crippen molar-refractivity contribution in [3.8, 4) is 0 Å². The minimum Gasteiger partial charge on any atom is -0.369 e. The Balaban J connectivity index is 2.07. The van der Waals surface area contributed by atoms with Gasteiger partial charge in [-0.1, -0.05) is 30.3 Å². The smallest absolute Gasteiger partial charge is 0.369 e. The van der Waals surface area contributed by atoms with E-state index in [1.165, 1.54) is 34.9 Å². The first-order valence-corrected chi connectivity index (χ1v) is 14.8. The maximum atomic E-state index is 14.7. The van der Waals surface area contributed by atoms with Crippen LogP contribution < -0.4 is 16.0 Å². The number of benzene rings is 2. The molecule has 0 aliphatic carbocycles. The molecule has 0 saturated heterocycles. The molecular formula is C29H31F7N4O3S. The molecule has 7 nitrogen and oxygen atoms in total. The van der Waals surface area contributed by atoms with Crippen LogP contribution in [-0.2, 0) is 14.4 Å². The number of nitrogens with zero attached hydrogens (tertiary/aromatic N) is 2. The number of alkyl halides is 6. The van der Waals surface area contributed by atoms with Crippen molar-refractivity contribution in [2.45, 2.75) is 51.0 Å². The van der Waals surface area contributed by atoms with Gasteiger partial charge >= 0.3 is 6.18 Å². The summed E-state index contributed by atoms with van der Waals surface area (Å²) in [4.78, 5) is 44.9. The molecule has 44 heavy (non-hydrogen) atoms. The largest absolute Gasteiger partial charge is 0.389 e. The predicted octanol–water partition coefficient (Wildman–Crippen LogP) is 5.18. The number of anilines is 1. The molecular weight excluding hydrogens is 617 g/mol. The van der Waals surface area contributed by atoms with E-state index in [0.29, 0.717) is 23.7 Å². The second-order valence-electron chi connectivity index (χ2n) is 10.3. The summed E-state index contributed by atoms with van der Waals surface area (Å²) < 4.78 is 96.8. The van der Waals surface area contributed by atoms with Gasteiger partial charge in [-0.05, 0) is 44.2 Å². The summed E-state index contributed by atoms with van der Waals surface area (Å²) in [6, 6.07) is 9.01. The first-order chi connectivity index (χ1) is 20.5. The quantitative estimate of drug-likeness (QED) is 0.310. The monoisotopic (exact) mass is 648 g/mol. The minimum atomic E-state index is -4.90. The molecule has 0 bridgehead atoms. The lowest BCUT2D eigenvalue weighted by molar-refractivity contribution is -0.169. The summed E-state index contributed by atoms with van der Waals surface area (Å²) >= 11 is 1.28. The third-order valence-corrected chi connectivity index (χ3v) is 7.67. The summed E-state index contributed by atoms with van der Waals surface area (Å²) in [5.41, 5.74) is 7.09. The van der Waals surface area contributed by atoms with Gasteiger partial charge in [0.05, 0.1) is 23.2 Å². The van der Waals surface area contributed by atoms with E-state index >= 15 is 0 Å². The highest BCUT2D eigenvalue weighted by Crippen LogP contribution is 2.39. The third-order valence-electron chi connectivity index (χ3n) is 7.15. The van der Waals surface area contributed by atoms with Crippen molar-refractivity contribution in [1.29, 1.82) is 0 Å². The van der Waals surface area contributed by atoms with Gasteiger partial charge in [0, 0.05) is 24.1 Å². The molecule has 3 amide bonds. The molecule has 0 fully saturated rings. The number of amides is 3. The zero-order valence-electron chi connectivity index (χ0n) is 23.9. The van der Waals surface area contributed by atoms with Crippen molar-refractivity contribution in [3.05, 3.63) is 65.0 Å². The predicted molar refractivity (Wildman–Crippen MR) is 153 cm³/mol. The van der Waals surface area contributed by atoms with E-state index < -0.39 is 79.1 Å². The van der Waals surface area contributed by atoms with Gasteiger partial charge in [-0.25, -0.2) is 17.6 Å². The molecule has 1 heterocycles. The summed E-state index contributed by atoms with van der Waals surface area (Å²) in [6.07, 6.45) is -9.25. The molecule has 1 aliphatic rings. The van der Waals surface area contributed by atoms with Crippen LogP contribution in [0, 0.1) is 24.6 Å². The Hall–Kier alpha value is -3.62. The molecule has 4 atom stereocenters. The summed E-state index contributed by atoms with van der Waals surface area (Å²) in [6.45, 7) is 1.44. The van der Waals surface area contributed by atoms with Crippen molar-refractivity contribution >= 4 is 40.9 Å². The average molecular weight is 649 g/mol. The highest BCUT2D eigenvalue weighted by Gasteiger charge is 2.54. The van der Waals surface area contributed by atoms with Crippen molar-refractivity contribution in [1.82, 2.24) is 5.32 Å². The highest BCUT2D eigenvalue weighted by atomic mass is 32.2. The van der Waals surface area contributed by atoms with Crippen LogP contribution in [0.4, 0.5) is 36.4 Å². The molecule has 0 aromatic heterocycles. The van der Waals surface area contributed by atoms with Gasteiger partial charge < -0.3 is 11.1 Å². The number of fused-ring (bicyclic) bond motifs is 1. The lowest BCUT2D eigenvalue weighted by Gasteiger charge is -2.32. The van der Waals surface area contributed by atoms with Crippen molar-refractivity contribution in [2.75, 3.05) is 23.6 Å². The second kappa shape index (κ2) is 14.0. The Kier molecular flexibility index (Phi) is 11.1. The van der Waals surface area contributed by atoms with Gasteiger partial charge in [0.2, 0.25) is 11.8 Å². The van der Waals surface area contributed by atoms with Crippen molar-refractivity contribution in [2.24, 2.45) is 22.6 Å². The number of rotatable bonds is 12. The number of carbonyl (C=O) groups is 3. The second-order valence-corrected chi connectivity index (χ2v) is 11.2. The van der Waals surface area contributed by atoms with Crippen LogP contribution in [0.3, 0.4) is 0 Å². The number of primary amides is 1. The number of halogens is 7. The van der Waals surface area contributed by atoms with E-state index in [2.05, 4.69) is 10.3 Å². The maximum Gasteiger partial charge on any atom is 0.389 e. The van der Waals surface area contributed by atoms with Crippen LogP contribution in [-0.4, -0.2) is 66.4 Å². The van der Waals surface area contributed by atoms with Gasteiger partial charge in [-0.2, -0.15) is 13.2 Å². The van der Waals surface area contributed by atoms with Crippen LogP contribution >= 0.6 is 11.8 Å². The van der Waals surface area contributed by atoms with E-state index in [0.717, 1.165) is 0 Å². The lowest BCUT2D eigenvalue weighted by atomic mass is 9.80. The Morgan fingerprint density at radius 2 is 1.80 bits per heavy atom. The van der Waals surface area contributed by atoms with E-state index in [-0.39, 0.29) is 17.2 Å². The van der Waals surface area contributed by atoms with Gasteiger partial charge in [0.25, 0.3) is 11.8 Å². The number of hydrogen-bond acceptors (Lipinski definition) is 5. The molecule has 3 N–H and O–H groups in total. The van der Waals surface area contributed by atoms with E-state index in [1.807, 2.05) is 0 Å². The topological polar surface area (TPSA) is 105 Å². The molecule has 240 valence electrons. The Labute approximate surface area is 253 Å². The molecule has 15 heteroatoms. The normalized spacial score (nSPS) is 17.7. The summed E-state index contributed by atoms with van der Waals surface area (Å²) in [7, 11) is 0. The van der Waals surface area contributed by atoms with Gasteiger partial charge in [0.1, 0.15) is 17.8 Å². The van der Waals surface area contributed by atoms with Crippen LogP contribution in [0.25, 0.3) is 0 Å². The molecule has 0 radical (unpaired) electrons. The number of nitrogens with one attached hydrogen (secondary N) is 1. The number of hydrogen-bond donors (Lipinski definition) is 2. The lowest BCUT2D eigenvalue weighted by Crippen LogP contribution is -2.53. The first kappa shape index (κ1) is 34.9. The molecule has 2 aromatic carbocycles. The minimum absolute atomic E-state index is 0.117. The van der Waals surface area contributed by atoms with E-state index in [1.54, 1.807) is 37.4 Å². The molecule has 0 saturated carbocycles. The maximum absolute atomic E-state index is 14.7. The number of para-hydroxylation sites is 1. The third kappa shape index (κ3) is 7.90. The molecule has 2 aromatic rings. The first-order valence-electron chi connectivity index (χ1n) is 13.4. The fourth-order valence-corrected chi connectivity index (χ4v) is 5.55. The van der Waals surface area contributed by atoms with Gasteiger partial charge in [0.15, 0.2) is 6.17 Å². The SMILES string of the molecule is CSCN1C(=O)[C@H](CNC(=O)[C@H](CCC(F)(F)F)[C@@H](C(N)=O)C(F)(F)C(C)F)N=C(c2cccc(F)c2)c2cccc(C)c21. The number of nitrogens with two attached hydrogens (primary N) is 1.